The average Bonchev–Trinajstić information content (AvgIpc) is 2.31. The summed E-state index contributed by atoms with van der Waals surface area (Å²) < 4.78 is 0.667. The Morgan fingerprint density at radius 2 is 2.17 bits per heavy atom. The first-order chi connectivity index (χ1) is 8.54. The van der Waals surface area contributed by atoms with Gasteiger partial charge in [-0.05, 0) is 36.6 Å². The van der Waals surface area contributed by atoms with Crippen LogP contribution in [-0.4, -0.2) is 29.0 Å². The lowest BCUT2D eigenvalue weighted by Gasteiger charge is -2.08. The van der Waals surface area contributed by atoms with Crippen molar-refractivity contribution in [3.63, 3.8) is 0 Å². The number of thioether (sulfide) groups is 1. The minimum Gasteiger partial charge on any atom is -0.478 e. The van der Waals surface area contributed by atoms with E-state index in [0.29, 0.717) is 16.6 Å². The molecule has 0 unspecified atom stereocenters. The van der Waals surface area contributed by atoms with Gasteiger partial charge in [-0.1, -0.05) is 15.9 Å². The zero-order chi connectivity index (χ0) is 13.5. The molecule has 0 aliphatic rings. The maximum Gasteiger partial charge on any atom is 0.337 e. The molecule has 0 radical (unpaired) electrons. The van der Waals surface area contributed by atoms with E-state index in [9.17, 15) is 9.59 Å². The summed E-state index contributed by atoms with van der Waals surface area (Å²) in [5.41, 5.74) is 0.419. The summed E-state index contributed by atoms with van der Waals surface area (Å²) in [6.45, 7) is 0. The molecule has 0 aromatic heterocycles. The van der Waals surface area contributed by atoms with Gasteiger partial charge in [0.05, 0.1) is 11.3 Å². The van der Waals surface area contributed by atoms with E-state index in [2.05, 4.69) is 21.2 Å². The van der Waals surface area contributed by atoms with Crippen molar-refractivity contribution < 1.29 is 14.7 Å². The summed E-state index contributed by atoms with van der Waals surface area (Å²) in [5, 5.41) is 11.7. The highest BCUT2D eigenvalue weighted by Crippen LogP contribution is 2.21. The number of amides is 1. The lowest BCUT2D eigenvalue weighted by Crippen LogP contribution is -2.14. The van der Waals surface area contributed by atoms with E-state index in [4.69, 9.17) is 5.11 Å². The van der Waals surface area contributed by atoms with Gasteiger partial charge >= 0.3 is 5.97 Å². The Balaban J connectivity index is 2.72. The molecule has 0 heterocycles. The number of hydrogen-bond acceptors (Lipinski definition) is 3. The minimum atomic E-state index is -1.06. The van der Waals surface area contributed by atoms with Gasteiger partial charge in [0.2, 0.25) is 5.91 Å². The summed E-state index contributed by atoms with van der Waals surface area (Å²) in [6.07, 6.45) is 3.16. The number of halogens is 1. The smallest absolute Gasteiger partial charge is 0.337 e. The number of carboxylic acids is 1. The second-order valence-electron chi connectivity index (χ2n) is 3.64. The molecule has 1 amide bonds. The van der Waals surface area contributed by atoms with Crippen LogP contribution in [0.2, 0.25) is 0 Å². The summed E-state index contributed by atoms with van der Waals surface area (Å²) in [4.78, 5) is 22.7. The molecule has 0 bridgehead atoms. The van der Waals surface area contributed by atoms with Crippen molar-refractivity contribution in [2.45, 2.75) is 12.8 Å². The van der Waals surface area contributed by atoms with Gasteiger partial charge in [-0.25, -0.2) is 4.79 Å². The lowest BCUT2D eigenvalue weighted by molar-refractivity contribution is -0.116. The fraction of sp³-hybridized carbons (Fsp3) is 0.333. The molecule has 2 N–H and O–H groups in total. The number of benzene rings is 1. The van der Waals surface area contributed by atoms with E-state index in [1.54, 1.807) is 23.9 Å². The molecule has 0 fully saturated rings. The fourth-order valence-electron chi connectivity index (χ4n) is 1.39. The number of carbonyl (C=O) groups is 2. The molecular weight excluding hydrogens is 318 g/mol. The van der Waals surface area contributed by atoms with Crippen molar-refractivity contribution in [1.82, 2.24) is 0 Å². The fourth-order valence-corrected chi connectivity index (χ4v) is 2.19. The first kappa shape index (κ1) is 15.0. The maximum atomic E-state index is 11.6. The summed E-state index contributed by atoms with van der Waals surface area (Å²) >= 11 is 4.88. The topological polar surface area (TPSA) is 66.4 Å². The molecule has 0 saturated heterocycles. The van der Waals surface area contributed by atoms with Crippen LogP contribution < -0.4 is 5.32 Å². The van der Waals surface area contributed by atoms with Crippen LogP contribution in [0.15, 0.2) is 22.7 Å². The van der Waals surface area contributed by atoms with Crippen molar-refractivity contribution in [2.24, 2.45) is 0 Å². The Morgan fingerprint density at radius 3 is 2.78 bits per heavy atom. The summed E-state index contributed by atoms with van der Waals surface area (Å²) in [6, 6.07) is 4.75. The first-order valence-corrected chi connectivity index (χ1v) is 7.55. The summed E-state index contributed by atoms with van der Waals surface area (Å²) in [5.74, 6) is -0.302. The Kier molecular flexibility index (Phi) is 6.21. The SMILES string of the molecule is CSCCCC(=O)Nc1ccc(Br)cc1C(=O)O. The molecule has 1 rings (SSSR count). The average molecular weight is 332 g/mol. The zero-order valence-corrected chi connectivity index (χ0v) is 12.3. The quantitative estimate of drug-likeness (QED) is 0.785. The van der Waals surface area contributed by atoms with Crippen LogP contribution in [0.4, 0.5) is 5.69 Å². The molecule has 0 aliphatic carbocycles. The summed E-state index contributed by atoms with van der Waals surface area (Å²) in [7, 11) is 0. The largest absolute Gasteiger partial charge is 0.478 e. The molecule has 0 atom stereocenters. The third kappa shape index (κ3) is 4.70. The van der Waals surface area contributed by atoms with Crippen LogP contribution in [-0.2, 0) is 4.79 Å². The van der Waals surface area contributed by atoms with Crippen LogP contribution in [0, 0.1) is 0 Å². The van der Waals surface area contributed by atoms with E-state index < -0.39 is 5.97 Å². The Morgan fingerprint density at radius 1 is 1.44 bits per heavy atom. The number of carboxylic acid groups (broad SMARTS) is 1. The van der Waals surface area contributed by atoms with Gasteiger partial charge in [-0.15, -0.1) is 0 Å². The van der Waals surface area contributed by atoms with Crippen LogP contribution in [0.1, 0.15) is 23.2 Å². The van der Waals surface area contributed by atoms with Gasteiger partial charge in [0.1, 0.15) is 0 Å². The minimum absolute atomic E-state index is 0.0857. The predicted octanol–water partition coefficient (Wildman–Crippen LogP) is 3.23. The Bertz CT molecular complexity index is 451. The molecule has 4 nitrogen and oxygen atoms in total. The Labute approximate surface area is 118 Å². The molecular formula is C12H14BrNO3S. The van der Waals surface area contributed by atoms with Gasteiger partial charge in [0, 0.05) is 10.9 Å². The molecule has 1 aromatic rings. The first-order valence-electron chi connectivity index (χ1n) is 5.36. The van der Waals surface area contributed by atoms with Gasteiger partial charge in [0.25, 0.3) is 0 Å². The van der Waals surface area contributed by atoms with Crippen molar-refractivity contribution in [1.29, 1.82) is 0 Å². The molecule has 0 spiro atoms. The number of rotatable bonds is 6. The number of nitrogens with one attached hydrogen (secondary N) is 1. The molecule has 0 saturated carbocycles. The van der Waals surface area contributed by atoms with Crippen LogP contribution >= 0.6 is 27.7 Å². The molecule has 98 valence electrons. The van der Waals surface area contributed by atoms with E-state index in [1.165, 1.54) is 6.07 Å². The van der Waals surface area contributed by atoms with Crippen molar-refractivity contribution in [3.05, 3.63) is 28.2 Å². The number of aromatic carboxylic acids is 1. The number of carbonyl (C=O) groups excluding carboxylic acids is 1. The maximum absolute atomic E-state index is 11.6. The van der Waals surface area contributed by atoms with Crippen LogP contribution in [0.25, 0.3) is 0 Å². The van der Waals surface area contributed by atoms with E-state index in [-0.39, 0.29) is 11.5 Å². The second kappa shape index (κ2) is 7.43. The predicted molar refractivity (Wildman–Crippen MR) is 77.3 cm³/mol. The van der Waals surface area contributed by atoms with Crippen molar-refractivity contribution in [2.75, 3.05) is 17.3 Å². The van der Waals surface area contributed by atoms with Crippen LogP contribution in [0.3, 0.4) is 0 Å². The van der Waals surface area contributed by atoms with Crippen molar-refractivity contribution in [3.8, 4) is 0 Å². The second-order valence-corrected chi connectivity index (χ2v) is 5.54. The number of anilines is 1. The van der Waals surface area contributed by atoms with Gasteiger partial charge in [-0.2, -0.15) is 11.8 Å². The number of hydrogen-bond donors (Lipinski definition) is 2. The van der Waals surface area contributed by atoms with Crippen molar-refractivity contribution >= 4 is 45.3 Å². The zero-order valence-electron chi connectivity index (χ0n) is 9.90. The monoisotopic (exact) mass is 331 g/mol. The highest BCUT2D eigenvalue weighted by molar-refractivity contribution is 9.10. The normalized spacial score (nSPS) is 10.1. The van der Waals surface area contributed by atoms with Gasteiger partial charge in [-0.3, -0.25) is 4.79 Å². The third-order valence-corrected chi connectivity index (χ3v) is 3.43. The Hall–Kier alpha value is -1.01. The highest BCUT2D eigenvalue weighted by atomic mass is 79.9. The van der Waals surface area contributed by atoms with E-state index in [1.807, 2.05) is 6.26 Å². The molecule has 0 aliphatic heterocycles. The van der Waals surface area contributed by atoms with Gasteiger partial charge < -0.3 is 10.4 Å². The van der Waals surface area contributed by atoms with E-state index in [0.717, 1.165) is 12.2 Å². The lowest BCUT2D eigenvalue weighted by atomic mass is 10.1. The molecule has 6 heteroatoms. The molecule has 18 heavy (non-hydrogen) atoms. The highest BCUT2D eigenvalue weighted by Gasteiger charge is 2.12. The van der Waals surface area contributed by atoms with E-state index >= 15 is 0 Å². The molecule has 1 aromatic carbocycles. The van der Waals surface area contributed by atoms with Crippen LogP contribution in [0.5, 0.6) is 0 Å². The standard InChI is InChI=1S/C12H14BrNO3S/c1-18-6-2-3-11(15)14-10-5-4-8(13)7-9(10)12(16)17/h4-5,7H,2-3,6H2,1H3,(H,14,15)(H,16,17). The van der Waals surface area contributed by atoms with Gasteiger partial charge in [0.15, 0.2) is 0 Å². The third-order valence-electron chi connectivity index (χ3n) is 2.24.